The molecular weight excluding hydrogens is 422 g/mol. The van der Waals surface area contributed by atoms with Crippen LogP contribution < -0.4 is 5.32 Å². The summed E-state index contributed by atoms with van der Waals surface area (Å²) in [5, 5.41) is 18.1. The van der Waals surface area contributed by atoms with Gasteiger partial charge in [-0.3, -0.25) is 9.48 Å². The van der Waals surface area contributed by atoms with E-state index in [1.807, 2.05) is 39.9 Å². The first kappa shape index (κ1) is 19.5. The summed E-state index contributed by atoms with van der Waals surface area (Å²) in [4.78, 5) is 37.9. The molecule has 1 amide bonds. The van der Waals surface area contributed by atoms with Crippen molar-refractivity contribution in [3.63, 3.8) is 0 Å². The Hall–Kier alpha value is -4.21. The number of fused-ring (bicyclic) bond motifs is 2. The lowest BCUT2D eigenvalue weighted by Crippen LogP contribution is -2.39. The normalized spacial score (nSPS) is 16.4. The van der Waals surface area contributed by atoms with E-state index in [9.17, 15) is 9.59 Å². The first-order valence-electron chi connectivity index (χ1n) is 10.8. The van der Waals surface area contributed by atoms with Crippen LogP contribution in [-0.2, 0) is 18.6 Å². The number of aromatic amines is 1. The topological polar surface area (TPSA) is 129 Å². The summed E-state index contributed by atoms with van der Waals surface area (Å²) >= 11 is 0. The van der Waals surface area contributed by atoms with E-state index in [1.54, 1.807) is 6.20 Å². The Bertz CT molecular complexity index is 1350. The molecule has 1 aliphatic carbocycles. The Kier molecular flexibility index (Phi) is 4.22. The van der Waals surface area contributed by atoms with E-state index < -0.39 is 11.5 Å². The molecule has 0 radical (unpaired) electrons. The number of amides is 1. The number of carboxylic acid groups (broad SMARTS) is 1. The molecule has 10 heteroatoms. The second kappa shape index (κ2) is 7.16. The van der Waals surface area contributed by atoms with Crippen LogP contribution >= 0.6 is 0 Å². The molecule has 0 unspecified atom stereocenters. The molecule has 0 bridgehead atoms. The summed E-state index contributed by atoms with van der Waals surface area (Å²) in [6.45, 7) is 1.62. The van der Waals surface area contributed by atoms with Crippen molar-refractivity contribution in [2.75, 3.05) is 11.9 Å². The standard InChI is InChI=1S/C23H21N7O3/c31-20(17-9-14-3-1-2-4-16(14)27-17)29-7-8-30-19(13-29)18(12-26-30)28-23(5-6-23)22-24-10-15(11-25-22)21(32)33/h1-4,9-12,27-28H,5-8,13H2,(H,32,33). The number of nitrogens with zero attached hydrogens (tertiary/aromatic N) is 5. The number of para-hydroxylation sites is 1. The summed E-state index contributed by atoms with van der Waals surface area (Å²) in [5.41, 5.74) is 2.90. The molecule has 3 aromatic heterocycles. The fourth-order valence-electron chi connectivity index (χ4n) is 4.36. The molecular formula is C23H21N7O3. The van der Waals surface area contributed by atoms with Crippen molar-refractivity contribution in [2.45, 2.75) is 31.5 Å². The van der Waals surface area contributed by atoms with Crippen LogP contribution in [0.25, 0.3) is 10.9 Å². The molecule has 4 aromatic rings. The number of carbonyl (C=O) groups is 2. The summed E-state index contributed by atoms with van der Waals surface area (Å²) in [6, 6.07) is 9.72. The number of carboxylic acids is 1. The molecule has 0 saturated heterocycles. The molecule has 10 nitrogen and oxygen atoms in total. The van der Waals surface area contributed by atoms with E-state index in [4.69, 9.17) is 5.11 Å². The van der Waals surface area contributed by atoms with E-state index in [2.05, 4.69) is 25.4 Å². The van der Waals surface area contributed by atoms with Crippen molar-refractivity contribution in [2.24, 2.45) is 0 Å². The Labute approximate surface area is 188 Å². The van der Waals surface area contributed by atoms with Crippen LogP contribution in [0.1, 0.15) is 45.2 Å². The third-order valence-corrected chi connectivity index (χ3v) is 6.37. The molecule has 3 N–H and O–H groups in total. The Balaban J connectivity index is 1.23. The maximum atomic E-state index is 13.2. The minimum absolute atomic E-state index is 0.0432. The predicted molar refractivity (Wildman–Crippen MR) is 119 cm³/mol. The highest BCUT2D eigenvalue weighted by molar-refractivity contribution is 5.98. The van der Waals surface area contributed by atoms with Gasteiger partial charge in [0.25, 0.3) is 5.91 Å². The van der Waals surface area contributed by atoms with Crippen molar-refractivity contribution in [3.05, 3.63) is 71.7 Å². The maximum absolute atomic E-state index is 13.2. The first-order valence-corrected chi connectivity index (χ1v) is 10.8. The van der Waals surface area contributed by atoms with Crippen molar-refractivity contribution in [1.82, 2.24) is 29.6 Å². The lowest BCUT2D eigenvalue weighted by Gasteiger charge is -2.28. The minimum Gasteiger partial charge on any atom is -0.478 e. The predicted octanol–water partition coefficient (Wildman–Crippen LogP) is 2.61. The van der Waals surface area contributed by atoms with Crippen LogP contribution in [0.15, 0.2) is 48.9 Å². The fourth-order valence-corrected chi connectivity index (χ4v) is 4.36. The highest BCUT2D eigenvalue weighted by Gasteiger charge is 2.48. The van der Waals surface area contributed by atoms with Gasteiger partial charge in [-0.15, -0.1) is 0 Å². The van der Waals surface area contributed by atoms with Gasteiger partial charge in [0, 0.05) is 29.8 Å². The SMILES string of the molecule is O=C(O)c1cnc(C2(Nc3cnn4c3CN(C(=O)c3cc5ccccc5[nH]3)CC4)CC2)nc1. The molecule has 1 saturated carbocycles. The average molecular weight is 443 g/mol. The highest BCUT2D eigenvalue weighted by atomic mass is 16.4. The monoisotopic (exact) mass is 443 g/mol. The number of H-pyrrole nitrogens is 1. The van der Waals surface area contributed by atoms with E-state index in [-0.39, 0.29) is 11.5 Å². The van der Waals surface area contributed by atoms with Crippen LogP contribution in [0.3, 0.4) is 0 Å². The minimum atomic E-state index is -1.05. The zero-order valence-corrected chi connectivity index (χ0v) is 17.7. The second-order valence-electron chi connectivity index (χ2n) is 8.53. The molecule has 4 heterocycles. The van der Waals surface area contributed by atoms with Crippen molar-refractivity contribution < 1.29 is 14.7 Å². The number of hydrogen-bond donors (Lipinski definition) is 3. The first-order chi connectivity index (χ1) is 16.0. The van der Waals surface area contributed by atoms with Gasteiger partial charge in [0.05, 0.1) is 41.8 Å². The number of benzene rings is 1. The van der Waals surface area contributed by atoms with Gasteiger partial charge in [0.15, 0.2) is 5.82 Å². The van der Waals surface area contributed by atoms with E-state index in [1.165, 1.54) is 12.4 Å². The van der Waals surface area contributed by atoms with Gasteiger partial charge >= 0.3 is 5.97 Å². The van der Waals surface area contributed by atoms with Gasteiger partial charge in [0.1, 0.15) is 5.69 Å². The van der Waals surface area contributed by atoms with E-state index in [0.29, 0.717) is 31.2 Å². The third kappa shape index (κ3) is 3.30. The lowest BCUT2D eigenvalue weighted by molar-refractivity contribution is 0.0689. The summed E-state index contributed by atoms with van der Waals surface area (Å²) < 4.78 is 1.92. The number of anilines is 1. The fraction of sp³-hybridized carbons (Fsp3) is 0.261. The van der Waals surface area contributed by atoms with Gasteiger partial charge < -0.3 is 20.3 Å². The largest absolute Gasteiger partial charge is 0.478 e. The number of rotatable bonds is 5. The molecule has 1 aromatic carbocycles. The Morgan fingerprint density at radius 2 is 1.88 bits per heavy atom. The maximum Gasteiger partial charge on any atom is 0.338 e. The van der Waals surface area contributed by atoms with Crippen LogP contribution in [0, 0.1) is 0 Å². The van der Waals surface area contributed by atoms with E-state index in [0.717, 1.165) is 35.1 Å². The lowest BCUT2D eigenvalue weighted by atomic mass is 10.2. The molecule has 1 fully saturated rings. The van der Waals surface area contributed by atoms with Gasteiger partial charge in [-0.1, -0.05) is 18.2 Å². The van der Waals surface area contributed by atoms with Crippen LogP contribution in [0.2, 0.25) is 0 Å². The summed E-state index contributed by atoms with van der Waals surface area (Å²) in [5.74, 6) is -0.530. The summed E-state index contributed by atoms with van der Waals surface area (Å²) in [7, 11) is 0. The van der Waals surface area contributed by atoms with Crippen molar-refractivity contribution in [1.29, 1.82) is 0 Å². The van der Waals surface area contributed by atoms with Gasteiger partial charge in [-0.05, 0) is 25.0 Å². The number of carbonyl (C=O) groups excluding carboxylic acids is 1. The Morgan fingerprint density at radius 1 is 1.09 bits per heavy atom. The number of aromatic nitrogens is 5. The van der Waals surface area contributed by atoms with Crippen LogP contribution in [-0.4, -0.2) is 53.2 Å². The van der Waals surface area contributed by atoms with Gasteiger partial charge in [-0.2, -0.15) is 5.10 Å². The molecule has 1 aliphatic heterocycles. The van der Waals surface area contributed by atoms with Crippen LogP contribution in [0.4, 0.5) is 5.69 Å². The smallest absolute Gasteiger partial charge is 0.338 e. The van der Waals surface area contributed by atoms with Crippen molar-refractivity contribution in [3.8, 4) is 0 Å². The molecule has 2 aliphatic rings. The van der Waals surface area contributed by atoms with E-state index >= 15 is 0 Å². The zero-order valence-electron chi connectivity index (χ0n) is 17.7. The highest BCUT2D eigenvalue weighted by Crippen LogP contribution is 2.47. The Morgan fingerprint density at radius 3 is 2.61 bits per heavy atom. The summed E-state index contributed by atoms with van der Waals surface area (Å²) in [6.07, 6.45) is 6.11. The molecule has 33 heavy (non-hydrogen) atoms. The number of nitrogens with one attached hydrogen (secondary N) is 2. The number of hydrogen-bond acceptors (Lipinski definition) is 6. The zero-order chi connectivity index (χ0) is 22.6. The molecule has 166 valence electrons. The second-order valence-corrected chi connectivity index (χ2v) is 8.53. The number of aromatic carboxylic acids is 1. The average Bonchev–Trinajstić information content (AvgIpc) is 3.32. The van der Waals surface area contributed by atoms with Gasteiger partial charge in [-0.25, -0.2) is 14.8 Å². The molecule has 0 atom stereocenters. The van der Waals surface area contributed by atoms with Gasteiger partial charge in [0.2, 0.25) is 0 Å². The quantitative estimate of drug-likeness (QED) is 0.432. The molecule has 6 rings (SSSR count). The van der Waals surface area contributed by atoms with Crippen LogP contribution in [0.5, 0.6) is 0 Å². The third-order valence-electron chi connectivity index (χ3n) is 6.37. The molecule has 0 spiro atoms. The van der Waals surface area contributed by atoms with Crippen molar-refractivity contribution >= 4 is 28.5 Å².